The molecular formula is C17H20N4. The van der Waals surface area contributed by atoms with Crippen molar-refractivity contribution in [3.63, 3.8) is 0 Å². The number of benzene rings is 1. The van der Waals surface area contributed by atoms with Gasteiger partial charge in [0.05, 0.1) is 6.20 Å². The molecule has 108 valence electrons. The van der Waals surface area contributed by atoms with Crippen molar-refractivity contribution in [2.75, 3.05) is 11.9 Å². The molecule has 0 bridgehead atoms. The summed E-state index contributed by atoms with van der Waals surface area (Å²) < 4.78 is 2.12. The minimum atomic E-state index is 0.361. The molecule has 3 aromatic rings. The highest BCUT2D eigenvalue weighted by atomic mass is 15.2. The second kappa shape index (κ2) is 5.20. The van der Waals surface area contributed by atoms with Crippen molar-refractivity contribution >= 4 is 17.0 Å². The van der Waals surface area contributed by atoms with E-state index in [4.69, 9.17) is 4.98 Å². The van der Waals surface area contributed by atoms with E-state index in [2.05, 4.69) is 59.3 Å². The van der Waals surface area contributed by atoms with E-state index < -0.39 is 0 Å². The fraction of sp³-hybridized carbons (Fsp3) is 0.294. The maximum atomic E-state index is 4.84. The fourth-order valence-electron chi connectivity index (χ4n) is 2.49. The Morgan fingerprint density at radius 3 is 2.52 bits per heavy atom. The predicted octanol–water partition coefficient (Wildman–Crippen LogP) is 3.93. The molecule has 0 amide bonds. The lowest BCUT2D eigenvalue weighted by atomic mass is 10.2. The largest absolute Gasteiger partial charge is 0.328 e. The van der Waals surface area contributed by atoms with E-state index in [0.29, 0.717) is 5.92 Å². The molecule has 0 fully saturated rings. The molecule has 2 aromatic heterocycles. The second-order valence-electron chi connectivity index (χ2n) is 5.67. The van der Waals surface area contributed by atoms with Gasteiger partial charge in [0.25, 0.3) is 0 Å². The van der Waals surface area contributed by atoms with Crippen molar-refractivity contribution in [1.82, 2.24) is 14.4 Å². The third-order valence-electron chi connectivity index (χ3n) is 3.71. The molecule has 0 saturated carbocycles. The number of aryl methyl sites for hydroxylation is 1. The first kappa shape index (κ1) is 13.6. The molecule has 3 rings (SSSR count). The van der Waals surface area contributed by atoms with E-state index in [0.717, 1.165) is 22.8 Å². The molecular weight excluding hydrogens is 260 g/mol. The highest BCUT2D eigenvalue weighted by Gasteiger charge is 2.17. The molecule has 2 heterocycles. The van der Waals surface area contributed by atoms with E-state index in [1.54, 1.807) is 6.20 Å². The van der Waals surface area contributed by atoms with Gasteiger partial charge in [-0.25, -0.2) is 4.98 Å². The Morgan fingerprint density at radius 2 is 1.86 bits per heavy atom. The number of anilines is 2. The van der Waals surface area contributed by atoms with Crippen molar-refractivity contribution in [3.05, 3.63) is 54.2 Å². The SMILES string of the molecule is Cc1ccc(N(C)c2nc(C(C)C)n3ccncc23)cc1. The quantitative estimate of drug-likeness (QED) is 0.729. The summed E-state index contributed by atoms with van der Waals surface area (Å²) in [7, 11) is 2.05. The lowest BCUT2D eigenvalue weighted by molar-refractivity contribution is 0.768. The Hall–Kier alpha value is -2.36. The van der Waals surface area contributed by atoms with Crippen LogP contribution < -0.4 is 4.90 Å². The average Bonchev–Trinajstić information content (AvgIpc) is 2.87. The van der Waals surface area contributed by atoms with Crippen LogP contribution in [0.15, 0.2) is 42.9 Å². The van der Waals surface area contributed by atoms with Crippen LogP contribution >= 0.6 is 0 Å². The Balaban J connectivity index is 2.13. The number of imidazole rings is 1. The van der Waals surface area contributed by atoms with Crippen molar-refractivity contribution in [2.24, 2.45) is 0 Å². The molecule has 1 aromatic carbocycles. The molecule has 0 aliphatic heterocycles. The minimum absolute atomic E-state index is 0.361. The maximum absolute atomic E-state index is 4.84. The third-order valence-corrected chi connectivity index (χ3v) is 3.71. The van der Waals surface area contributed by atoms with E-state index in [1.807, 2.05) is 19.4 Å². The van der Waals surface area contributed by atoms with E-state index in [9.17, 15) is 0 Å². The lowest BCUT2D eigenvalue weighted by Crippen LogP contribution is -2.10. The minimum Gasteiger partial charge on any atom is -0.328 e. The average molecular weight is 280 g/mol. The van der Waals surface area contributed by atoms with Crippen LogP contribution in [0.2, 0.25) is 0 Å². The summed E-state index contributed by atoms with van der Waals surface area (Å²) in [6, 6.07) is 8.47. The smallest absolute Gasteiger partial charge is 0.160 e. The summed E-state index contributed by atoms with van der Waals surface area (Å²) in [5.74, 6) is 2.36. The zero-order valence-electron chi connectivity index (χ0n) is 12.9. The Labute approximate surface area is 125 Å². The fourth-order valence-corrected chi connectivity index (χ4v) is 2.49. The number of hydrogen-bond acceptors (Lipinski definition) is 3. The van der Waals surface area contributed by atoms with Gasteiger partial charge in [0.1, 0.15) is 11.3 Å². The molecule has 21 heavy (non-hydrogen) atoms. The first-order valence-electron chi connectivity index (χ1n) is 7.20. The summed E-state index contributed by atoms with van der Waals surface area (Å²) in [6.45, 7) is 6.41. The Kier molecular flexibility index (Phi) is 3.37. The van der Waals surface area contributed by atoms with Crippen molar-refractivity contribution in [3.8, 4) is 0 Å². The second-order valence-corrected chi connectivity index (χ2v) is 5.67. The van der Waals surface area contributed by atoms with Gasteiger partial charge < -0.3 is 4.90 Å². The molecule has 0 unspecified atom stereocenters. The van der Waals surface area contributed by atoms with Gasteiger partial charge in [0.2, 0.25) is 0 Å². The van der Waals surface area contributed by atoms with Gasteiger partial charge in [0.15, 0.2) is 5.82 Å². The molecule has 0 radical (unpaired) electrons. The van der Waals surface area contributed by atoms with Crippen LogP contribution in [-0.4, -0.2) is 21.4 Å². The monoisotopic (exact) mass is 280 g/mol. The first-order chi connectivity index (χ1) is 10.1. The Bertz CT molecular complexity index is 756. The molecule has 4 heteroatoms. The number of hydrogen-bond donors (Lipinski definition) is 0. The van der Waals surface area contributed by atoms with Crippen LogP contribution in [0, 0.1) is 6.92 Å². The summed E-state index contributed by atoms with van der Waals surface area (Å²) in [5, 5.41) is 0. The third kappa shape index (κ3) is 2.37. The molecule has 0 atom stereocenters. The van der Waals surface area contributed by atoms with Gasteiger partial charge in [-0.05, 0) is 19.1 Å². The molecule has 0 N–H and O–H groups in total. The highest BCUT2D eigenvalue weighted by Crippen LogP contribution is 2.29. The van der Waals surface area contributed by atoms with Gasteiger partial charge in [-0.15, -0.1) is 0 Å². The summed E-state index contributed by atoms with van der Waals surface area (Å²) in [6.07, 6.45) is 5.65. The van der Waals surface area contributed by atoms with Crippen LogP contribution in [0.1, 0.15) is 31.2 Å². The van der Waals surface area contributed by atoms with Gasteiger partial charge in [-0.2, -0.15) is 0 Å². The standard InChI is InChI=1S/C17H20N4/c1-12(2)16-19-17(15-11-18-9-10-21(15)16)20(4)14-7-5-13(3)6-8-14/h5-12H,1-4H3. The van der Waals surface area contributed by atoms with E-state index >= 15 is 0 Å². The van der Waals surface area contributed by atoms with Gasteiger partial charge >= 0.3 is 0 Å². The predicted molar refractivity (Wildman–Crippen MR) is 86.3 cm³/mol. The van der Waals surface area contributed by atoms with E-state index in [1.165, 1.54) is 5.56 Å². The van der Waals surface area contributed by atoms with Crippen LogP contribution in [0.3, 0.4) is 0 Å². The zero-order valence-corrected chi connectivity index (χ0v) is 12.9. The summed E-state index contributed by atoms with van der Waals surface area (Å²) >= 11 is 0. The van der Waals surface area contributed by atoms with E-state index in [-0.39, 0.29) is 0 Å². The molecule has 0 aliphatic carbocycles. The first-order valence-corrected chi connectivity index (χ1v) is 7.20. The molecule has 4 nitrogen and oxygen atoms in total. The van der Waals surface area contributed by atoms with Crippen LogP contribution in [-0.2, 0) is 0 Å². The van der Waals surface area contributed by atoms with Crippen molar-refractivity contribution in [2.45, 2.75) is 26.7 Å². The summed E-state index contributed by atoms with van der Waals surface area (Å²) in [5.41, 5.74) is 3.41. The highest BCUT2D eigenvalue weighted by molar-refractivity contribution is 5.75. The van der Waals surface area contributed by atoms with Crippen LogP contribution in [0.25, 0.3) is 5.52 Å². The normalized spacial score (nSPS) is 11.3. The van der Waals surface area contributed by atoms with Crippen molar-refractivity contribution < 1.29 is 0 Å². The Morgan fingerprint density at radius 1 is 1.14 bits per heavy atom. The molecule has 0 saturated heterocycles. The van der Waals surface area contributed by atoms with Gasteiger partial charge in [-0.3, -0.25) is 9.38 Å². The topological polar surface area (TPSA) is 33.4 Å². The van der Waals surface area contributed by atoms with Crippen LogP contribution in [0.5, 0.6) is 0 Å². The van der Waals surface area contributed by atoms with Crippen molar-refractivity contribution in [1.29, 1.82) is 0 Å². The van der Waals surface area contributed by atoms with Crippen LogP contribution in [0.4, 0.5) is 11.5 Å². The van der Waals surface area contributed by atoms with Gasteiger partial charge in [0, 0.05) is 31.0 Å². The maximum Gasteiger partial charge on any atom is 0.160 e. The number of rotatable bonds is 3. The number of fused-ring (bicyclic) bond motifs is 1. The number of nitrogens with zero attached hydrogens (tertiary/aromatic N) is 4. The summed E-state index contributed by atoms with van der Waals surface area (Å²) in [4.78, 5) is 11.2. The number of aromatic nitrogens is 3. The zero-order chi connectivity index (χ0) is 15.0. The van der Waals surface area contributed by atoms with Gasteiger partial charge in [-0.1, -0.05) is 31.5 Å². The molecule has 0 spiro atoms. The lowest BCUT2D eigenvalue weighted by Gasteiger charge is -2.17. The molecule has 0 aliphatic rings.